The number of anilines is 1. The molecule has 0 aliphatic heterocycles. The molecule has 0 spiro atoms. The zero-order chi connectivity index (χ0) is 15.8. The molecule has 0 aromatic carbocycles. The van der Waals surface area contributed by atoms with E-state index in [-0.39, 0.29) is 17.5 Å². The van der Waals surface area contributed by atoms with E-state index in [0.29, 0.717) is 17.1 Å². The molecule has 0 saturated heterocycles. The van der Waals surface area contributed by atoms with Crippen LogP contribution in [0.15, 0.2) is 23.4 Å². The van der Waals surface area contributed by atoms with Gasteiger partial charge in [0.15, 0.2) is 0 Å². The van der Waals surface area contributed by atoms with Gasteiger partial charge < -0.3 is 9.67 Å². The fourth-order valence-electron chi connectivity index (χ4n) is 2.15. The van der Waals surface area contributed by atoms with E-state index in [0.717, 1.165) is 0 Å². The van der Waals surface area contributed by atoms with Gasteiger partial charge in [0.1, 0.15) is 4.90 Å². The lowest BCUT2D eigenvalue weighted by Crippen LogP contribution is -2.12. The number of sulfonamides is 1. The second kappa shape index (κ2) is 5.53. The molecule has 2 heterocycles. The smallest absolute Gasteiger partial charge is 0.263 e. The van der Waals surface area contributed by atoms with Crippen molar-refractivity contribution in [2.24, 2.45) is 7.05 Å². The summed E-state index contributed by atoms with van der Waals surface area (Å²) in [5.74, 6) is 0. The molecule has 0 aliphatic rings. The highest BCUT2D eigenvalue weighted by molar-refractivity contribution is 7.92. The van der Waals surface area contributed by atoms with Gasteiger partial charge in [0.05, 0.1) is 18.0 Å². The SMILES string of the molecule is Cc1nn(C)cc1NS(=O)(=O)c1cc(CO)n(C(C)C)c1. The van der Waals surface area contributed by atoms with Gasteiger partial charge in [-0.25, -0.2) is 8.42 Å². The van der Waals surface area contributed by atoms with Gasteiger partial charge >= 0.3 is 0 Å². The summed E-state index contributed by atoms with van der Waals surface area (Å²) in [5.41, 5.74) is 1.61. The molecule has 0 saturated carbocycles. The largest absolute Gasteiger partial charge is 0.390 e. The predicted molar refractivity (Wildman–Crippen MR) is 79.5 cm³/mol. The van der Waals surface area contributed by atoms with Crippen LogP contribution in [0.2, 0.25) is 0 Å². The van der Waals surface area contributed by atoms with Crippen LogP contribution in [0.5, 0.6) is 0 Å². The van der Waals surface area contributed by atoms with Gasteiger partial charge in [-0.1, -0.05) is 0 Å². The quantitative estimate of drug-likeness (QED) is 0.873. The third-order valence-corrected chi connectivity index (χ3v) is 4.53. The van der Waals surface area contributed by atoms with Crippen LogP contribution in [-0.2, 0) is 23.7 Å². The van der Waals surface area contributed by atoms with Crippen molar-refractivity contribution in [1.82, 2.24) is 14.3 Å². The van der Waals surface area contributed by atoms with Gasteiger partial charge in [-0.15, -0.1) is 0 Å². The Balaban J connectivity index is 2.38. The summed E-state index contributed by atoms with van der Waals surface area (Å²) in [7, 11) is -1.98. The molecule has 116 valence electrons. The topological polar surface area (TPSA) is 89.2 Å². The number of nitrogens with one attached hydrogen (secondary N) is 1. The van der Waals surface area contributed by atoms with Crippen LogP contribution in [-0.4, -0.2) is 27.9 Å². The van der Waals surface area contributed by atoms with E-state index in [1.165, 1.54) is 12.3 Å². The standard InChI is InChI=1S/C13H20N4O3S/c1-9(2)17-6-12(5-11(17)8-18)21(19,20)15-13-7-16(4)14-10(13)3/h5-7,9,15,18H,8H2,1-4H3. The molecule has 7 nitrogen and oxygen atoms in total. The number of aromatic nitrogens is 3. The van der Waals surface area contributed by atoms with Gasteiger partial charge in [0.25, 0.3) is 10.0 Å². The Kier molecular flexibility index (Phi) is 4.11. The Bertz CT molecular complexity index is 744. The molecule has 2 rings (SSSR count). The predicted octanol–water partition coefficient (Wildman–Crippen LogP) is 1.40. The molecule has 0 unspecified atom stereocenters. The molecular weight excluding hydrogens is 292 g/mol. The average Bonchev–Trinajstić information content (AvgIpc) is 2.93. The first-order valence-electron chi connectivity index (χ1n) is 6.59. The number of nitrogens with zero attached hydrogens (tertiary/aromatic N) is 3. The molecule has 2 aromatic rings. The molecule has 21 heavy (non-hydrogen) atoms. The van der Waals surface area contributed by atoms with Crippen molar-refractivity contribution in [3.8, 4) is 0 Å². The molecule has 0 fully saturated rings. The van der Waals surface area contributed by atoms with Gasteiger partial charge in [-0.05, 0) is 26.8 Å². The van der Waals surface area contributed by atoms with E-state index in [4.69, 9.17) is 0 Å². The van der Waals surface area contributed by atoms with Gasteiger partial charge in [0, 0.05) is 31.2 Å². The zero-order valence-electron chi connectivity index (χ0n) is 12.5. The molecule has 0 atom stereocenters. The summed E-state index contributed by atoms with van der Waals surface area (Å²) in [4.78, 5) is 0.128. The van der Waals surface area contributed by atoms with Crippen LogP contribution in [0, 0.1) is 6.92 Å². The molecule has 2 N–H and O–H groups in total. The summed E-state index contributed by atoms with van der Waals surface area (Å²) in [5, 5.41) is 13.4. The normalized spacial score (nSPS) is 12.1. The zero-order valence-corrected chi connectivity index (χ0v) is 13.3. The highest BCUT2D eigenvalue weighted by Gasteiger charge is 2.20. The Labute approximate surface area is 124 Å². The maximum atomic E-state index is 12.4. The summed E-state index contributed by atoms with van der Waals surface area (Å²) in [6.07, 6.45) is 3.14. The third-order valence-electron chi connectivity index (χ3n) is 3.19. The van der Waals surface area contributed by atoms with Crippen LogP contribution >= 0.6 is 0 Å². The van der Waals surface area contributed by atoms with Crippen molar-refractivity contribution in [2.45, 2.75) is 38.3 Å². The second-order valence-electron chi connectivity index (χ2n) is 5.23. The Hall–Kier alpha value is -1.80. The number of aliphatic hydroxyl groups excluding tert-OH is 1. The van der Waals surface area contributed by atoms with Crippen LogP contribution in [0.3, 0.4) is 0 Å². The monoisotopic (exact) mass is 312 g/mol. The lowest BCUT2D eigenvalue weighted by atomic mass is 10.3. The highest BCUT2D eigenvalue weighted by atomic mass is 32.2. The van der Waals surface area contributed by atoms with E-state index in [1.54, 1.807) is 29.4 Å². The average molecular weight is 312 g/mol. The van der Waals surface area contributed by atoms with Crippen molar-refractivity contribution >= 4 is 15.7 Å². The lowest BCUT2D eigenvalue weighted by molar-refractivity contribution is 0.268. The molecule has 0 bridgehead atoms. The first-order valence-corrected chi connectivity index (χ1v) is 8.07. The number of hydrogen-bond donors (Lipinski definition) is 2. The minimum Gasteiger partial charge on any atom is -0.390 e. The molecule has 8 heteroatoms. The maximum Gasteiger partial charge on any atom is 0.263 e. The number of rotatable bonds is 5. The van der Waals surface area contributed by atoms with Gasteiger partial charge in [-0.2, -0.15) is 5.10 Å². The number of aliphatic hydroxyl groups is 1. The molecule has 0 aliphatic carbocycles. The van der Waals surface area contributed by atoms with E-state index >= 15 is 0 Å². The van der Waals surface area contributed by atoms with Gasteiger partial charge in [-0.3, -0.25) is 9.40 Å². The third kappa shape index (κ3) is 3.11. The second-order valence-corrected chi connectivity index (χ2v) is 6.92. The summed E-state index contributed by atoms with van der Waals surface area (Å²) < 4.78 is 30.7. The molecule has 2 aromatic heterocycles. The Morgan fingerprint density at radius 1 is 1.38 bits per heavy atom. The van der Waals surface area contributed by atoms with E-state index in [1.807, 2.05) is 13.8 Å². The lowest BCUT2D eigenvalue weighted by Gasteiger charge is -2.10. The minimum absolute atomic E-state index is 0.0660. The van der Waals surface area contributed by atoms with E-state index in [9.17, 15) is 13.5 Å². The first kappa shape index (κ1) is 15.6. The van der Waals surface area contributed by atoms with Crippen LogP contribution in [0.25, 0.3) is 0 Å². The van der Waals surface area contributed by atoms with Crippen LogP contribution in [0.4, 0.5) is 5.69 Å². The van der Waals surface area contributed by atoms with Gasteiger partial charge in [0.2, 0.25) is 0 Å². The van der Waals surface area contributed by atoms with Crippen molar-refractivity contribution < 1.29 is 13.5 Å². The highest BCUT2D eigenvalue weighted by Crippen LogP contribution is 2.22. The summed E-state index contributed by atoms with van der Waals surface area (Å²) >= 11 is 0. The fourth-order valence-corrected chi connectivity index (χ4v) is 3.31. The first-order chi connectivity index (χ1) is 9.74. The maximum absolute atomic E-state index is 12.4. The molecule has 0 radical (unpaired) electrons. The van der Waals surface area contributed by atoms with Crippen molar-refractivity contribution in [3.05, 3.63) is 29.8 Å². The van der Waals surface area contributed by atoms with E-state index in [2.05, 4.69) is 9.82 Å². The Morgan fingerprint density at radius 3 is 2.48 bits per heavy atom. The Morgan fingerprint density at radius 2 is 2.05 bits per heavy atom. The number of hydrogen-bond acceptors (Lipinski definition) is 4. The van der Waals surface area contributed by atoms with Crippen molar-refractivity contribution in [2.75, 3.05) is 4.72 Å². The summed E-state index contributed by atoms with van der Waals surface area (Å²) in [6.45, 7) is 5.37. The summed E-state index contributed by atoms with van der Waals surface area (Å²) in [6, 6.07) is 1.55. The van der Waals surface area contributed by atoms with Crippen LogP contribution in [0.1, 0.15) is 31.3 Å². The number of aryl methyl sites for hydroxylation is 2. The fraction of sp³-hybridized carbons (Fsp3) is 0.462. The molecular formula is C13H20N4O3S. The molecule has 0 amide bonds. The minimum atomic E-state index is -3.70. The van der Waals surface area contributed by atoms with Crippen molar-refractivity contribution in [1.29, 1.82) is 0 Å². The van der Waals surface area contributed by atoms with E-state index < -0.39 is 10.0 Å². The van der Waals surface area contributed by atoms with Crippen molar-refractivity contribution in [3.63, 3.8) is 0 Å². The van der Waals surface area contributed by atoms with Crippen LogP contribution < -0.4 is 4.72 Å².